The maximum atomic E-state index is 10.7. The highest BCUT2D eigenvalue weighted by atomic mass is 16.4. The van der Waals surface area contributed by atoms with Crippen LogP contribution in [0.15, 0.2) is 0 Å². The van der Waals surface area contributed by atoms with Crippen LogP contribution in [0.25, 0.3) is 0 Å². The number of carbonyl (C=O) groups is 1. The SMILES string of the molecule is CC(C)c1n[nH]c(CC(C)(C)CC(=O)O)n1. The van der Waals surface area contributed by atoms with Gasteiger partial charge in [-0.15, -0.1) is 0 Å². The summed E-state index contributed by atoms with van der Waals surface area (Å²) in [6.07, 6.45) is 0.726. The van der Waals surface area contributed by atoms with E-state index in [-0.39, 0.29) is 17.8 Å². The van der Waals surface area contributed by atoms with Crippen LogP contribution in [0.2, 0.25) is 0 Å². The molecule has 1 aromatic heterocycles. The van der Waals surface area contributed by atoms with Crippen LogP contribution < -0.4 is 0 Å². The van der Waals surface area contributed by atoms with Gasteiger partial charge in [0.15, 0.2) is 5.82 Å². The highest BCUT2D eigenvalue weighted by Crippen LogP contribution is 2.24. The number of hydrogen-bond donors (Lipinski definition) is 2. The molecule has 0 bridgehead atoms. The summed E-state index contributed by atoms with van der Waals surface area (Å²) in [7, 11) is 0. The van der Waals surface area contributed by atoms with Crippen LogP contribution in [-0.4, -0.2) is 26.3 Å². The second kappa shape index (κ2) is 4.63. The molecule has 0 saturated heterocycles. The molecular formula is C11H19N3O2. The topological polar surface area (TPSA) is 78.9 Å². The third kappa shape index (κ3) is 3.64. The van der Waals surface area contributed by atoms with E-state index in [1.165, 1.54) is 0 Å². The van der Waals surface area contributed by atoms with Crippen LogP contribution >= 0.6 is 0 Å². The number of aliphatic carboxylic acids is 1. The molecule has 0 aliphatic rings. The zero-order valence-corrected chi connectivity index (χ0v) is 10.2. The smallest absolute Gasteiger partial charge is 0.303 e. The van der Waals surface area contributed by atoms with Gasteiger partial charge in [0.05, 0.1) is 6.42 Å². The van der Waals surface area contributed by atoms with Crippen molar-refractivity contribution in [1.29, 1.82) is 0 Å². The van der Waals surface area contributed by atoms with Crippen molar-refractivity contribution in [2.75, 3.05) is 0 Å². The summed E-state index contributed by atoms with van der Waals surface area (Å²) in [5, 5.41) is 15.7. The van der Waals surface area contributed by atoms with Gasteiger partial charge in [-0.3, -0.25) is 9.89 Å². The predicted octanol–water partition coefficient (Wildman–Crippen LogP) is 1.97. The maximum Gasteiger partial charge on any atom is 0.303 e. The lowest BCUT2D eigenvalue weighted by Gasteiger charge is -2.20. The largest absolute Gasteiger partial charge is 0.481 e. The van der Waals surface area contributed by atoms with Gasteiger partial charge in [0.2, 0.25) is 0 Å². The van der Waals surface area contributed by atoms with Crippen LogP contribution in [0.3, 0.4) is 0 Å². The summed E-state index contributed by atoms with van der Waals surface area (Å²) in [5.41, 5.74) is -0.306. The van der Waals surface area contributed by atoms with Gasteiger partial charge in [-0.05, 0) is 5.41 Å². The molecular weight excluding hydrogens is 206 g/mol. The number of H-pyrrole nitrogens is 1. The number of carboxylic acid groups (broad SMARTS) is 1. The zero-order valence-electron chi connectivity index (χ0n) is 10.2. The Morgan fingerprint density at radius 3 is 2.56 bits per heavy atom. The number of nitrogens with zero attached hydrogens (tertiary/aromatic N) is 2. The van der Waals surface area contributed by atoms with Gasteiger partial charge in [0, 0.05) is 12.3 Å². The van der Waals surface area contributed by atoms with E-state index in [2.05, 4.69) is 15.2 Å². The van der Waals surface area contributed by atoms with Crippen molar-refractivity contribution in [2.24, 2.45) is 5.41 Å². The lowest BCUT2D eigenvalue weighted by atomic mass is 9.85. The molecule has 0 unspecified atom stereocenters. The van der Waals surface area contributed by atoms with Crippen molar-refractivity contribution >= 4 is 5.97 Å². The van der Waals surface area contributed by atoms with E-state index in [4.69, 9.17) is 5.11 Å². The second-order valence-corrected chi connectivity index (χ2v) is 5.21. The molecule has 0 radical (unpaired) electrons. The monoisotopic (exact) mass is 225 g/mol. The first-order valence-corrected chi connectivity index (χ1v) is 5.43. The van der Waals surface area contributed by atoms with Gasteiger partial charge in [0.1, 0.15) is 5.82 Å². The highest BCUT2D eigenvalue weighted by molar-refractivity contribution is 5.67. The first-order valence-electron chi connectivity index (χ1n) is 5.43. The van der Waals surface area contributed by atoms with Crippen LogP contribution in [0, 0.1) is 5.41 Å². The molecule has 0 aromatic carbocycles. The van der Waals surface area contributed by atoms with E-state index in [0.717, 1.165) is 11.6 Å². The lowest BCUT2D eigenvalue weighted by Crippen LogP contribution is -2.20. The molecule has 0 atom stereocenters. The molecule has 5 heteroatoms. The van der Waals surface area contributed by atoms with Crippen LogP contribution in [0.5, 0.6) is 0 Å². The fourth-order valence-corrected chi connectivity index (χ4v) is 1.57. The predicted molar refractivity (Wildman–Crippen MR) is 60.2 cm³/mol. The van der Waals surface area contributed by atoms with Gasteiger partial charge in [-0.25, -0.2) is 4.98 Å². The van der Waals surface area contributed by atoms with E-state index >= 15 is 0 Å². The minimum atomic E-state index is -0.784. The molecule has 0 amide bonds. The standard InChI is InChI=1S/C11H19N3O2/c1-7(2)10-12-8(13-14-10)5-11(3,4)6-9(15)16/h7H,5-6H2,1-4H3,(H,15,16)(H,12,13,14). The fraction of sp³-hybridized carbons (Fsp3) is 0.727. The average Bonchev–Trinajstić information content (AvgIpc) is 2.48. The first kappa shape index (κ1) is 12.7. The Kier molecular flexibility index (Phi) is 3.67. The zero-order chi connectivity index (χ0) is 12.3. The van der Waals surface area contributed by atoms with Crippen molar-refractivity contribution in [3.63, 3.8) is 0 Å². The molecule has 0 aliphatic carbocycles. The number of hydrogen-bond acceptors (Lipinski definition) is 3. The van der Waals surface area contributed by atoms with E-state index in [1.807, 2.05) is 27.7 Å². The first-order chi connectivity index (χ1) is 7.30. The molecule has 0 saturated carbocycles. The highest BCUT2D eigenvalue weighted by Gasteiger charge is 2.24. The molecule has 2 N–H and O–H groups in total. The molecule has 0 fully saturated rings. The molecule has 1 rings (SSSR count). The van der Waals surface area contributed by atoms with Crippen LogP contribution in [0.4, 0.5) is 0 Å². The number of rotatable bonds is 5. The maximum absolute atomic E-state index is 10.7. The molecule has 1 aromatic rings. The van der Waals surface area contributed by atoms with E-state index in [1.54, 1.807) is 0 Å². The van der Waals surface area contributed by atoms with E-state index < -0.39 is 5.97 Å². The molecule has 0 spiro atoms. The summed E-state index contributed by atoms with van der Waals surface area (Å²) in [5.74, 6) is 1.04. The van der Waals surface area contributed by atoms with Crippen molar-refractivity contribution in [3.05, 3.63) is 11.6 Å². The van der Waals surface area contributed by atoms with Gasteiger partial charge in [-0.2, -0.15) is 5.10 Å². The number of aromatic amines is 1. The fourth-order valence-electron chi connectivity index (χ4n) is 1.57. The Hall–Kier alpha value is -1.39. The van der Waals surface area contributed by atoms with Gasteiger partial charge in [-0.1, -0.05) is 27.7 Å². The quantitative estimate of drug-likeness (QED) is 0.803. The second-order valence-electron chi connectivity index (χ2n) is 5.21. The van der Waals surface area contributed by atoms with Gasteiger partial charge >= 0.3 is 5.97 Å². The Labute approximate surface area is 95.3 Å². The van der Waals surface area contributed by atoms with E-state index in [9.17, 15) is 4.79 Å². The Morgan fingerprint density at radius 2 is 2.12 bits per heavy atom. The molecule has 5 nitrogen and oxygen atoms in total. The third-order valence-corrected chi connectivity index (χ3v) is 2.34. The summed E-state index contributed by atoms with van der Waals surface area (Å²) in [4.78, 5) is 15.0. The molecule has 0 aliphatic heterocycles. The van der Waals surface area contributed by atoms with Crippen LogP contribution in [-0.2, 0) is 11.2 Å². The van der Waals surface area contributed by atoms with Crippen molar-refractivity contribution in [1.82, 2.24) is 15.2 Å². The van der Waals surface area contributed by atoms with Gasteiger partial charge < -0.3 is 5.11 Å². The Morgan fingerprint density at radius 1 is 1.50 bits per heavy atom. The summed E-state index contributed by atoms with van der Waals surface area (Å²) in [6, 6.07) is 0. The number of nitrogens with one attached hydrogen (secondary N) is 1. The number of aromatic nitrogens is 3. The molecule has 16 heavy (non-hydrogen) atoms. The lowest BCUT2D eigenvalue weighted by molar-refractivity contribution is -0.139. The summed E-state index contributed by atoms with van der Waals surface area (Å²) in [6.45, 7) is 7.88. The van der Waals surface area contributed by atoms with Crippen molar-refractivity contribution in [3.8, 4) is 0 Å². The van der Waals surface area contributed by atoms with Crippen molar-refractivity contribution in [2.45, 2.75) is 46.5 Å². The molecule has 1 heterocycles. The van der Waals surface area contributed by atoms with E-state index in [0.29, 0.717) is 6.42 Å². The minimum absolute atomic E-state index is 0.130. The third-order valence-electron chi connectivity index (χ3n) is 2.34. The molecule has 90 valence electrons. The summed E-state index contributed by atoms with van der Waals surface area (Å²) >= 11 is 0. The van der Waals surface area contributed by atoms with Crippen LogP contribution in [0.1, 0.15) is 51.7 Å². The minimum Gasteiger partial charge on any atom is -0.481 e. The Balaban J connectivity index is 2.68. The summed E-state index contributed by atoms with van der Waals surface area (Å²) < 4.78 is 0. The van der Waals surface area contributed by atoms with Crippen molar-refractivity contribution < 1.29 is 9.90 Å². The van der Waals surface area contributed by atoms with Gasteiger partial charge in [0.25, 0.3) is 0 Å². The normalized spacial score (nSPS) is 12.1. The Bertz CT molecular complexity index is 369. The average molecular weight is 225 g/mol. The number of carboxylic acids is 1.